The van der Waals surface area contributed by atoms with Crippen molar-refractivity contribution >= 4 is 9.84 Å². The van der Waals surface area contributed by atoms with Gasteiger partial charge in [-0.3, -0.25) is 4.57 Å². The Kier molecular flexibility index (Phi) is 3.81. The van der Waals surface area contributed by atoms with Crippen LogP contribution in [0.2, 0.25) is 0 Å². The second-order valence-corrected chi connectivity index (χ2v) is 7.45. The van der Waals surface area contributed by atoms with Gasteiger partial charge in [0.15, 0.2) is 5.76 Å². The first-order chi connectivity index (χ1) is 10.9. The maximum Gasteiger partial charge on any atom is 0.232 e. The summed E-state index contributed by atoms with van der Waals surface area (Å²) >= 11 is 0. The molecule has 0 bridgehead atoms. The molecule has 3 aromatic rings. The number of nitrogens with zero attached hydrogens (tertiary/aromatic N) is 3. The zero-order valence-electron chi connectivity index (χ0n) is 13.1. The summed E-state index contributed by atoms with van der Waals surface area (Å²) in [5.74, 6) is 0.0356. The third-order valence-corrected chi connectivity index (χ3v) is 5.04. The predicted octanol–water partition coefficient (Wildman–Crippen LogP) is 2.76. The van der Waals surface area contributed by atoms with Gasteiger partial charge in [-0.15, -0.1) is 0 Å². The van der Waals surface area contributed by atoms with Gasteiger partial charge in [-0.05, 0) is 38.0 Å². The lowest BCUT2D eigenvalue weighted by atomic mass is 10.1. The fourth-order valence-electron chi connectivity index (χ4n) is 2.42. The van der Waals surface area contributed by atoms with E-state index in [1.54, 1.807) is 23.8 Å². The van der Waals surface area contributed by atoms with E-state index in [2.05, 4.69) is 10.1 Å². The van der Waals surface area contributed by atoms with Gasteiger partial charge in [0.25, 0.3) is 0 Å². The highest BCUT2D eigenvalue weighted by molar-refractivity contribution is 7.90. The highest BCUT2D eigenvalue weighted by atomic mass is 32.2. The molecule has 7 heteroatoms. The smallest absolute Gasteiger partial charge is 0.232 e. The fourth-order valence-corrected chi connectivity index (χ4v) is 3.74. The molecule has 23 heavy (non-hydrogen) atoms. The number of hydrogen-bond acceptors (Lipinski definition) is 5. The Balaban J connectivity index is 2.05. The standard InChI is InChI=1S/C16H17N3O3S/c1-11-4-5-12(2)15(8-11)19-7-6-17-16(19)23(20,21)10-14-9-13(3)18-22-14/h4-9H,10H2,1-3H3. The molecular weight excluding hydrogens is 314 g/mol. The lowest BCUT2D eigenvalue weighted by Gasteiger charge is -2.11. The van der Waals surface area contributed by atoms with Crippen LogP contribution in [-0.4, -0.2) is 23.1 Å². The summed E-state index contributed by atoms with van der Waals surface area (Å²) in [5, 5.41) is 3.72. The highest BCUT2D eigenvalue weighted by Crippen LogP contribution is 2.22. The number of sulfone groups is 1. The molecule has 3 rings (SSSR count). The first-order valence-corrected chi connectivity index (χ1v) is 8.78. The van der Waals surface area contributed by atoms with Crippen LogP contribution in [0.25, 0.3) is 5.69 Å². The zero-order chi connectivity index (χ0) is 16.6. The first kappa shape index (κ1) is 15.5. The Morgan fingerprint density at radius 1 is 1.17 bits per heavy atom. The summed E-state index contributed by atoms with van der Waals surface area (Å²) in [5.41, 5.74) is 3.47. The third kappa shape index (κ3) is 3.05. The van der Waals surface area contributed by atoms with E-state index in [1.807, 2.05) is 32.0 Å². The van der Waals surface area contributed by atoms with Crippen LogP contribution in [0.1, 0.15) is 22.6 Å². The molecule has 6 nitrogen and oxygen atoms in total. The van der Waals surface area contributed by atoms with Crippen molar-refractivity contribution in [1.82, 2.24) is 14.7 Å². The maximum atomic E-state index is 12.7. The van der Waals surface area contributed by atoms with Gasteiger partial charge in [-0.1, -0.05) is 17.3 Å². The summed E-state index contributed by atoms with van der Waals surface area (Å²) < 4.78 is 32.0. The van der Waals surface area contributed by atoms with Crippen molar-refractivity contribution in [1.29, 1.82) is 0 Å². The summed E-state index contributed by atoms with van der Waals surface area (Å²) in [6.07, 6.45) is 3.14. The van der Waals surface area contributed by atoms with Crippen LogP contribution in [-0.2, 0) is 15.6 Å². The molecule has 0 radical (unpaired) electrons. The SMILES string of the molecule is Cc1ccc(C)c(-n2ccnc2S(=O)(=O)Cc2cc(C)no2)c1. The number of imidazole rings is 1. The summed E-state index contributed by atoms with van der Waals surface area (Å²) in [7, 11) is -3.65. The average molecular weight is 331 g/mol. The Morgan fingerprint density at radius 2 is 1.96 bits per heavy atom. The van der Waals surface area contributed by atoms with Crippen LogP contribution in [0, 0.1) is 20.8 Å². The van der Waals surface area contributed by atoms with Gasteiger partial charge >= 0.3 is 0 Å². The molecule has 120 valence electrons. The van der Waals surface area contributed by atoms with Crippen LogP contribution in [0.5, 0.6) is 0 Å². The minimum absolute atomic E-state index is 0.000234. The highest BCUT2D eigenvalue weighted by Gasteiger charge is 2.24. The van der Waals surface area contributed by atoms with Crippen LogP contribution in [0.3, 0.4) is 0 Å². The van der Waals surface area contributed by atoms with Crippen molar-refractivity contribution < 1.29 is 12.9 Å². The molecule has 0 amide bonds. The normalized spacial score (nSPS) is 11.8. The number of benzene rings is 1. The van der Waals surface area contributed by atoms with E-state index < -0.39 is 9.84 Å². The molecule has 1 aromatic carbocycles. The molecular formula is C16H17N3O3S. The van der Waals surface area contributed by atoms with Crippen molar-refractivity contribution in [2.24, 2.45) is 0 Å². The van der Waals surface area contributed by atoms with E-state index >= 15 is 0 Å². The Hall–Kier alpha value is -2.41. The number of rotatable bonds is 4. The second kappa shape index (κ2) is 5.66. The molecule has 2 heterocycles. The fraction of sp³-hybridized carbons (Fsp3) is 0.250. The van der Waals surface area contributed by atoms with Crippen LogP contribution in [0.15, 0.2) is 46.3 Å². The van der Waals surface area contributed by atoms with E-state index in [4.69, 9.17) is 4.52 Å². The number of hydrogen-bond donors (Lipinski definition) is 0. The molecule has 0 unspecified atom stereocenters. The molecule has 0 saturated carbocycles. The monoisotopic (exact) mass is 331 g/mol. The Bertz CT molecular complexity index is 955. The van der Waals surface area contributed by atoms with Crippen molar-refractivity contribution in [3.05, 3.63) is 59.2 Å². The summed E-state index contributed by atoms with van der Waals surface area (Å²) in [6.45, 7) is 5.65. The van der Waals surface area contributed by atoms with Gasteiger partial charge in [-0.2, -0.15) is 0 Å². The molecule has 0 N–H and O–H groups in total. The minimum Gasteiger partial charge on any atom is -0.360 e. The number of aryl methyl sites for hydroxylation is 3. The molecule has 0 aliphatic rings. The van der Waals surface area contributed by atoms with Gasteiger partial charge in [-0.25, -0.2) is 13.4 Å². The topological polar surface area (TPSA) is 78.0 Å². The van der Waals surface area contributed by atoms with E-state index in [0.717, 1.165) is 16.8 Å². The molecule has 0 aliphatic carbocycles. The lowest BCUT2D eigenvalue weighted by molar-refractivity contribution is 0.388. The average Bonchev–Trinajstić information content (AvgIpc) is 3.10. The number of aromatic nitrogens is 3. The molecule has 0 spiro atoms. The summed E-state index contributed by atoms with van der Waals surface area (Å²) in [6, 6.07) is 7.50. The van der Waals surface area contributed by atoms with Crippen molar-refractivity contribution in [2.75, 3.05) is 0 Å². The molecule has 0 saturated heterocycles. The quantitative estimate of drug-likeness (QED) is 0.734. The van der Waals surface area contributed by atoms with Gasteiger partial charge < -0.3 is 4.52 Å². The Morgan fingerprint density at radius 3 is 2.65 bits per heavy atom. The lowest BCUT2D eigenvalue weighted by Crippen LogP contribution is -2.12. The van der Waals surface area contributed by atoms with E-state index in [0.29, 0.717) is 11.5 Å². The van der Waals surface area contributed by atoms with E-state index in [9.17, 15) is 8.42 Å². The van der Waals surface area contributed by atoms with Crippen molar-refractivity contribution in [3.8, 4) is 5.69 Å². The van der Waals surface area contributed by atoms with Crippen LogP contribution in [0.4, 0.5) is 0 Å². The zero-order valence-corrected chi connectivity index (χ0v) is 14.0. The van der Waals surface area contributed by atoms with Gasteiger partial charge in [0, 0.05) is 18.5 Å². The molecule has 0 atom stereocenters. The van der Waals surface area contributed by atoms with Gasteiger partial charge in [0.1, 0.15) is 5.75 Å². The Labute approximate surface area is 134 Å². The van der Waals surface area contributed by atoms with Gasteiger partial charge in [0.2, 0.25) is 15.0 Å². The van der Waals surface area contributed by atoms with Crippen LogP contribution < -0.4 is 0 Å². The van der Waals surface area contributed by atoms with E-state index in [1.165, 1.54) is 6.20 Å². The van der Waals surface area contributed by atoms with Gasteiger partial charge in [0.05, 0.1) is 11.4 Å². The molecule has 2 aromatic heterocycles. The summed E-state index contributed by atoms with van der Waals surface area (Å²) in [4.78, 5) is 4.05. The predicted molar refractivity (Wildman–Crippen MR) is 85.2 cm³/mol. The molecule has 0 fully saturated rings. The first-order valence-electron chi connectivity index (χ1n) is 7.13. The van der Waals surface area contributed by atoms with Crippen LogP contribution >= 0.6 is 0 Å². The van der Waals surface area contributed by atoms with Crippen molar-refractivity contribution in [3.63, 3.8) is 0 Å². The third-order valence-electron chi connectivity index (χ3n) is 3.52. The van der Waals surface area contributed by atoms with E-state index in [-0.39, 0.29) is 10.9 Å². The minimum atomic E-state index is -3.65. The molecule has 0 aliphatic heterocycles. The maximum absolute atomic E-state index is 12.7. The second-order valence-electron chi connectivity index (χ2n) is 5.56. The largest absolute Gasteiger partial charge is 0.360 e. The van der Waals surface area contributed by atoms with Crippen molar-refractivity contribution in [2.45, 2.75) is 31.7 Å².